The molecule has 2 aromatic carbocycles. The van der Waals surface area contributed by atoms with Gasteiger partial charge in [-0.2, -0.15) is 18.2 Å². The highest BCUT2D eigenvalue weighted by atomic mass is 35.5. The lowest BCUT2D eigenvalue weighted by molar-refractivity contribution is -0.137. The van der Waals surface area contributed by atoms with E-state index in [1.54, 1.807) is 0 Å². The number of aromatic nitrogens is 2. The molecule has 0 amide bonds. The molecule has 27 heavy (non-hydrogen) atoms. The Labute approximate surface area is 161 Å². The summed E-state index contributed by atoms with van der Waals surface area (Å²) in [5.41, 5.74) is 1.39. The van der Waals surface area contributed by atoms with E-state index < -0.39 is 11.7 Å². The van der Waals surface area contributed by atoms with Crippen LogP contribution in [0.3, 0.4) is 0 Å². The summed E-state index contributed by atoms with van der Waals surface area (Å²) in [7, 11) is 1.85. The maximum atomic E-state index is 12.8. The number of alkyl halides is 3. The zero-order valence-electron chi connectivity index (χ0n) is 14.7. The Kier molecular flexibility index (Phi) is 6.62. The highest BCUT2D eigenvalue weighted by Crippen LogP contribution is 2.34. The molecule has 1 unspecified atom stereocenters. The van der Waals surface area contributed by atoms with Gasteiger partial charge < -0.3 is 9.84 Å². The molecular weight excluding hydrogens is 379 g/mol. The van der Waals surface area contributed by atoms with Crippen LogP contribution >= 0.6 is 12.4 Å². The lowest BCUT2D eigenvalue weighted by Gasteiger charge is -2.09. The standard InChI is InChI=1S/C19H18F3N3O.ClH/c1-12(23-2)11-17-24-18(26-25-17)16-6-4-3-5-15(16)13-7-9-14(10-8-13)19(20,21)22;/h3-10,12,23H,11H2,1-2H3;1H. The number of nitrogens with zero attached hydrogens (tertiary/aromatic N) is 2. The molecule has 0 spiro atoms. The third-order valence-corrected chi connectivity index (χ3v) is 4.13. The third-order valence-electron chi connectivity index (χ3n) is 4.13. The van der Waals surface area contributed by atoms with E-state index in [9.17, 15) is 13.2 Å². The average Bonchev–Trinajstić information content (AvgIpc) is 3.09. The molecule has 0 aliphatic heterocycles. The third kappa shape index (κ3) is 4.87. The second kappa shape index (κ2) is 8.54. The van der Waals surface area contributed by atoms with Gasteiger partial charge in [-0.3, -0.25) is 0 Å². The van der Waals surface area contributed by atoms with E-state index in [1.807, 2.05) is 38.2 Å². The molecule has 0 aliphatic rings. The molecule has 1 aromatic heterocycles. The van der Waals surface area contributed by atoms with E-state index in [2.05, 4.69) is 15.5 Å². The van der Waals surface area contributed by atoms with Crippen LogP contribution in [0, 0.1) is 0 Å². The van der Waals surface area contributed by atoms with Crippen LogP contribution < -0.4 is 5.32 Å². The molecule has 3 aromatic rings. The minimum Gasteiger partial charge on any atom is -0.334 e. The van der Waals surface area contributed by atoms with E-state index in [1.165, 1.54) is 12.1 Å². The molecular formula is C19H19ClF3N3O. The molecule has 144 valence electrons. The summed E-state index contributed by atoms with van der Waals surface area (Å²) in [4.78, 5) is 4.41. The first-order valence-electron chi connectivity index (χ1n) is 8.15. The first-order chi connectivity index (χ1) is 12.4. The van der Waals surface area contributed by atoms with Gasteiger partial charge in [-0.25, -0.2) is 0 Å². The molecule has 0 aliphatic carbocycles. The van der Waals surface area contributed by atoms with Gasteiger partial charge in [-0.1, -0.05) is 35.5 Å². The van der Waals surface area contributed by atoms with E-state index in [0.29, 0.717) is 29.3 Å². The lowest BCUT2D eigenvalue weighted by atomic mass is 9.98. The number of benzene rings is 2. The molecule has 1 N–H and O–H groups in total. The van der Waals surface area contributed by atoms with E-state index in [4.69, 9.17) is 4.52 Å². The molecule has 0 bridgehead atoms. The molecule has 1 atom stereocenters. The molecule has 0 saturated heterocycles. The van der Waals surface area contributed by atoms with Gasteiger partial charge in [-0.15, -0.1) is 12.4 Å². The normalized spacial score (nSPS) is 12.5. The molecule has 0 saturated carbocycles. The van der Waals surface area contributed by atoms with Crippen molar-refractivity contribution in [3.05, 3.63) is 59.9 Å². The number of nitrogens with one attached hydrogen (secondary N) is 1. The number of rotatable bonds is 5. The smallest absolute Gasteiger partial charge is 0.334 e. The number of likely N-dealkylation sites (N-methyl/N-ethyl adjacent to an activating group) is 1. The lowest BCUT2D eigenvalue weighted by Crippen LogP contribution is -2.24. The van der Waals surface area contributed by atoms with Gasteiger partial charge in [0.2, 0.25) is 0 Å². The number of hydrogen-bond donors (Lipinski definition) is 1. The molecule has 0 fully saturated rings. The van der Waals surface area contributed by atoms with Crippen molar-refractivity contribution in [3.8, 4) is 22.6 Å². The quantitative estimate of drug-likeness (QED) is 0.658. The molecule has 1 heterocycles. The first kappa shape index (κ1) is 20.9. The van der Waals surface area contributed by atoms with Gasteiger partial charge in [-0.05, 0) is 43.3 Å². The van der Waals surface area contributed by atoms with E-state index in [0.717, 1.165) is 17.7 Å². The fourth-order valence-electron chi connectivity index (χ4n) is 2.58. The van der Waals surface area contributed by atoms with E-state index >= 15 is 0 Å². The molecule has 4 nitrogen and oxygen atoms in total. The predicted octanol–water partition coefficient (Wildman–Crippen LogP) is 4.99. The SMILES string of the molecule is CNC(C)Cc1noc(-c2ccccc2-c2ccc(C(F)(F)F)cc2)n1.Cl. The van der Waals surface area contributed by atoms with Gasteiger partial charge in [0, 0.05) is 18.0 Å². The van der Waals surface area contributed by atoms with Crippen molar-refractivity contribution in [1.82, 2.24) is 15.5 Å². The Bertz CT molecular complexity index is 878. The summed E-state index contributed by atoms with van der Waals surface area (Å²) >= 11 is 0. The van der Waals surface area contributed by atoms with Crippen LogP contribution in [0.5, 0.6) is 0 Å². The Morgan fingerprint density at radius 2 is 1.67 bits per heavy atom. The van der Waals surface area contributed by atoms with Gasteiger partial charge in [0.05, 0.1) is 5.56 Å². The molecule has 3 rings (SSSR count). The van der Waals surface area contributed by atoms with Crippen molar-refractivity contribution in [1.29, 1.82) is 0 Å². The first-order valence-corrected chi connectivity index (χ1v) is 8.15. The summed E-state index contributed by atoms with van der Waals surface area (Å²) in [5, 5.41) is 7.09. The summed E-state index contributed by atoms with van der Waals surface area (Å²) in [6.45, 7) is 2.01. The maximum Gasteiger partial charge on any atom is 0.416 e. The summed E-state index contributed by atoms with van der Waals surface area (Å²) in [6, 6.07) is 12.5. The Morgan fingerprint density at radius 3 is 2.26 bits per heavy atom. The topological polar surface area (TPSA) is 51.0 Å². The van der Waals surface area contributed by atoms with Crippen LogP contribution in [-0.2, 0) is 12.6 Å². The molecule has 0 radical (unpaired) electrons. The van der Waals surface area contributed by atoms with Crippen LogP contribution in [0.4, 0.5) is 13.2 Å². The van der Waals surface area contributed by atoms with Gasteiger partial charge in [0.25, 0.3) is 5.89 Å². The number of halogens is 4. The monoisotopic (exact) mass is 397 g/mol. The van der Waals surface area contributed by atoms with Crippen LogP contribution in [0.25, 0.3) is 22.6 Å². The zero-order chi connectivity index (χ0) is 18.7. The largest absolute Gasteiger partial charge is 0.416 e. The Balaban J connectivity index is 0.00000261. The number of hydrogen-bond acceptors (Lipinski definition) is 4. The Hall–Kier alpha value is -2.38. The van der Waals surface area contributed by atoms with Crippen molar-refractivity contribution >= 4 is 12.4 Å². The Morgan fingerprint density at radius 1 is 1.04 bits per heavy atom. The zero-order valence-corrected chi connectivity index (χ0v) is 15.6. The highest BCUT2D eigenvalue weighted by Gasteiger charge is 2.30. The van der Waals surface area contributed by atoms with Gasteiger partial charge in [0.1, 0.15) is 0 Å². The van der Waals surface area contributed by atoms with Crippen molar-refractivity contribution in [2.75, 3.05) is 7.05 Å². The van der Waals surface area contributed by atoms with Crippen molar-refractivity contribution in [3.63, 3.8) is 0 Å². The van der Waals surface area contributed by atoms with Crippen molar-refractivity contribution < 1.29 is 17.7 Å². The summed E-state index contributed by atoms with van der Waals surface area (Å²) in [6.07, 6.45) is -3.74. The minimum absolute atomic E-state index is 0. The molecule has 8 heteroatoms. The fourth-order valence-corrected chi connectivity index (χ4v) is 2.58. The van der Waals surface area contributed by atoms with E-state index in [-0.39, 0.29) is 18.4 Å². The van der Waals surface area contributed by atoms with Gasteiger partial charge >= 0.3 is 6.18 Å². The fraction of sp³-hybridized carbons (Fsp3) is 0.263. The highest BCUT2D eigenvalue weighted by molar-refractivity contribution is 5.85. The average molecular weight is 398 g/mol. The van der Waals surface area contributed by atoms with Crippen LogP contribution in [-0.4, -0.2) is 23.2 Å². The van der Waals surface area contributed by atoms with Crippen molar-refractivity contribution in [2.45, 2.75) is 25.6 Å². The van der Waals surface area contributed by atoms with Crippen LogP contribution in [0.1, 0.15) is 18.3 Å². The predicted molar refractivity (Wildman–Crippen MR) is 99.6 cm³/mol. The second-order valence-electron chi connectivity index (χ2n) is 6.03. The minimum atomic E-state index is -4.36. The maximum absolute atomic E-state index is 12.8. The van der Waals surface area contributed by atoms with Gasteiger partial charge in [0.15, 0.2) is 5.82 Å². The summed E-state index contributed by atoms with van der Waals surface area (Å²) in [5.74, 6) is 0.919. The van der Waals surface area contributed by atoms with Crippen LogP contribution in [0.15, 0.2) is 53.1 Å². The summed E-state index contributed by atoms with van der Waals surface area (Å²) < 4.78 is 43.7. The van der Waals surface area contributed by atoms with Crippen LogP contribution in [0.2, 0.25) is 0 Å². The van der Waals surface area contributed by atoms with Crippen molar-refractivity contribution in [2.24, 2.45) is 0 Å². The second-order valence-corrected chi connectivity index (χ2v) is 6.03.